The molecule has 0 radical (unpaired) electrons. The average Bonchev–Trinajstić information content (AvgIpc) is 3.28. The summed E-state index contributed by atoms with van der Waals surface area (Å²) in [6.45, 7) is 0. The monoisotopic (exact) mass is 454 g/mol. The summed E-state index contributed by atoms with van der Waals surface area (Å²) in [4.78, 5) is 33.5. The van der Waals surface area contributed by atoms with E-state index in [1.165, 1.54) is 23.1 Å². The van der Waals surface area contributed by atoms with Gasteiger partial charge in [-0.2, -0.15) is 0 Å². The van der Waals surface area contributed by atoms with Gasteiger partial charge in [0, 0.05) is 16.5 Å². The lowest BCUT2D eigenvalue weighted by molar-refractivity contribution is 0.102. The van der Waals surface area contributed by atoms with Gasteiger partial charge in [0.15, 0.2) is 10.9 Å². The zero-order valence-electron chi connectivity index (χ0n) is 16.9. The second-order valence-corrected chi connectivity index (χ2v) is 9.04. The lowest BCUT2D eigenvalue weighted by atomic mass is 10.0. The van der Waals surface area contributed by atoms with E-state index in [-0.39, 0.29) is 17.1 Å². The topological polar surface area (TPSA) is 62.8 Å². The fourth-order valence-electron chi connectivity index (χ4n) is 3.52. The Balaban J connectivity index is 1.32. The highest BCUT2D eigenvalue weighted by Gasteiger charge is 2.14. The number of aromatic nitrogens is 2. The van der Waals surface area contributed by atoms with E-state index in [1.54, 1.807) is 0 Å². The number of carbonyl (C=O) groups excluding carboxylic acids is 1. The molecule has 0 atom stereocenters. The highest BCUT2D eigenvalue weighted by atomic mass is 32.2. The molecule has 6 heteroatoms. The van der Waals surface area contributed by atoms with Gasteiger partial charge in [0.1, 0.15) is 4.83 Å². The molecule has 0 spiro atoms. The molecule has 1 N–H and O–H groups in total. The number of fused-ring (bicyclic) bond motifs is 1. The van der Waals surface area contributed by atoms with E-state index in [0.717, 1.165) is 22.3 Å². The highest BCUT2D eigenvalue weighted by Crippen LogP contribution is 2.31. The van der Waals surface area contributed by atoms with Gasteiger partial charge in [0.25, 0.3) is 5.56 Å². The van der Waals surface area contributed by atoms with Gasteiger partial charge in [-0.1, -0.05) is 96.7 Å². The van der Waals surface area contributed by atoms with Crippen molar-refractivity contribution in [2.45, 2.75) is 5.16 Å². The first-order chi connectivity index (χ1) is 15.7. The molecule has 3 aromatic carbocycles. The van der Waals surface area contributed by atoms with Crippen molar-refractivity contribution in [3.05, 3.63) is 106 Å². The van der Waals surface area contributed by atoms with E-state index in [2.05, 4.69) is 9.97 Å². The van der Waals surface area contributed by atoms with E-state index in [9.17, 15) is 9.59 Å². The van der Waals surface area contributed by atoms with Crippen LogP contribution in [0.15, 0.2) is 100 Å². The van der Waals surface area contributed by atoms with Gasteiger partial charge < -0.3 is 4.98 Å². The molecular formula is C26H18N2O2S2. The first-order valence-corrected chi connectivity index (χ1v) is 11.9. The van der Waals surface area contributed by atoms with Crippen LogP contribution in [-0.4, -0.2) is 21.5 Å². The van der Waals surface area contributed by atoms with Crippen LogP contribution in [-0.2, 0) is 0 Å². The van der Waals surface area contributed by atoms with E-state index < -0.39 is 0 Å². The number of nitrogens with one attached hydrogen (secondary N) is 1. The summed E-state index contributed by atoms with van der Waals surface area (Å²) in [6, 6.07) is 27.4. The van der Waals surface area contributed by atoms with Crippen LogP contribution in [0.5, 0.6) is 0 Å². The van der Waals surface area contributed by atoms with E-state index >= 15 is 0 Å². The van der Waals surface area contributed by atoms with E-state index in [1.807, 2.05) is 90.3 Å². The molecule has 0 fully saturated rings. The van der Waals surface area contributed by atoms with Crippen LogP contribution in [0.1, 0.15) is 10.4 Å². The van der Waals surface area contributed by atoms with Crippen LogP contribution in [0, 0.1) is 0 Å². The van der Waals surface area contributed by atoms with Crippen LogP contribution in [0.3, 0.4) is 0 Å². The summed E-state index contributed by atoms with van der Waals surface area (Å²) >= 11 is 2.69. The first-order valence-electron chi connectivity index (χ1n) is 10.1. The molecule has 0 saturated carbocycles. The SMILES string of the molecule is O=C(CSc1nc2scc(-c3ccccc3)c2c(=O)[nH]1)c1ccc(-c2ccccc2)cc1. The van der Waals surface area contributed by atoms with Crippen molar-refractivity contribution in [2.24, 2.45) is 0 Å². The summed E-state index contributed by atoms with van der Waals surface area (Å²) in [6.07, 6.45) is 0. The maximum atomic E-state index is 12.8. The van der Waals surface area contributed by atoms with Gasteiger partial charge in [0.2, 0.25) is 0 Å². The molecule has 5 aromatic rings. The van der Waals surface area contributed by atoms with Gasteiger partial charge in [-0.05, 0) is 16.7 Å². The van der Waals surface area contributed by atoms with Gasteiger partial charge in [0.05, 0.1) is 11.1 Å². The molecule has 0 saturated heterocycles. The third-order valence-electron chi connectivity index (χ3n) is 5.16. The second kappa shape index (κ2) is 8.94. The molecule has 2 heterocycles. The maximum Gasteiger partial charge on any atom is 0.260 e. The smallest absolute Gasteiger partial charge is 0.260 e. The number of carbonyl (C=O) groups is 1. The summed E-state index contributed by atoms with van der Waals surface area (Å²) < 4.78 is 0. The molecule has 5 rings (SSSR count). The number of aromatic amines is 1. The quantitative estimate of drug-likeness (QED) is 0.186. The van der Waals surface area contributed by atoms with Crippen molar-refractivity contribution >= 4 is 39.1 Å². The minimum atomic E-state index is -0.183. The van der Waals surface area contributed by atoms with Crippen molar-refractivity contribution < 1.29 is 4.79 Å². The third kappa shape index (κ3) is 4.15. The minimum absolute atomic E-state index is 0.00601. The number of hydrogen-bond acceptors (Lipinski definition) is 5. The Morgan fingerprint density at radius 2 is 1.47 bits per heavy atom. The predicted molar refractivity (Wildman–Crippen MR) is 133 cm³/mol. The third-order valence-corrected chi connectivity index (χ3v) is 6.91. The number of hydrogen-bond donors (Lipinski definition) is 1. The number of benzene rings is 3. The Bertz CT molecular complexity index is 1440. The number of ketones is 1. The van der Waals surface area contributed by atoms with Crippen LogP contribution < -0.4 is 5.56 Å². The Hall–Kier alpha value is -3.48. The number of rotatable bonds is 6. The normalized spacial score (nSPS) is 11.0. The molecule has 0 aliphatic heterocycles. The summed E-state index contributed by atoms with van der Waals surface area (Å²) in [5.74, 6) is 0.198. The minimum Gasteiger partial charge on any atom is -0.301 e. The molecule has 0 amide bonds. The van der Waals surface area contributed by atoms with Crippen molar-refractivity contribution in [3.8, 4) is 22.3 Å². The lowest BCUT2D eigenvalue weighted by Crippen LogP contribution is -2.10. The number of nitrogens with zero attached hydrogens (tertiary/aromatic N) is 1. The fourth-order valence-corrected chi connectivity index (χ4v) is 5.29. The van der Waals surface area contributed by atoms with Gasteiger partial charge >= 0.3 is 0 Å². The molecular weight excluding hydrogens is 436 g/mol. The van der Waals surface area contributed by atoms with Gasteiger partial charge in [-0.15, -0.1) is 11.3 Å². The number of Topliss-reactive ketones (excluding diaryl/α,β-unsaturated/α-hetero) is 1. The highest BCUT2D eigenvalue weighted by molar-refractivity contribution is 7.99. The maximum absolute atomic E-state index is 12.8. The Morgan fingerprint density at radius 3 is 2.16 bits per heavy atom. The summed E-state index contributed by atoms with van der Waals surface area (Å²) in [5.41, 5.74) is 4.51. The molecule has 0 aliphatic rings. The van der Waals surface area contributed by atoms with Crippen molar-refractivity contribution in [1.82, 2.24) is 9.97 Å². The first kappa shape index (κ1) is 20.4. The van der Waals surface area contributed by atoms with Crippen molar-refractivity contribution in [3.63, 3.8) is 0 Å². The molecule has 32 heavy (non-hydrogen) atoms. The summed E-state index contributed by atoms with van der Waals surface area (Å²) in [7, 11) is 0. The summed E-state index contributed by atoms with van der Waals surface area (Å²) in [5, 5.41) is 3.00. The number of thioether (sulfide) groups is 1. The molecule has 2 aromatic heterocycles. The molecule has 0 bridgehead atoms. The Morgan fingerprint density at radius 1 is 0.844 bits per heavy atom. The fraction of sp³-hybridized carbons (Fsp3) is 0.0385. The average molecular weight is 455 g/mol. The van der Waals surface area contributed by atoms with Crippen LogP contribution in [0.2, 0.25) is 0 Å². The van der Waals surface area contributed by atoms with Crippen LogP contribution in [0.4, 0.5) is 0 Å². The Labute approximate surface area is 193 Å². The lowest BCUT2D eigenvalue weighted by Gasteiger charge is -2.05. The van der Waals surface area contributed by atoms with E-state index in [4.69, 9.17) is 0 Å². The van der Waals surface area contributed by atoms with Crippen molar-refractivity contribution in [2.75, 3.05) is 5.75 Å². The Kier molecular flexibility index (Phi) is 5.71. The van der Waals surface area contributed by atoms with Crippen molar-refractivity contribution in [1.29, 1.82) is 0 Å². The molecule has 156 valence electrons. The molecule has 4 nitrogen and oxygen atoms in total. The second-order valence-electron chi connectivity index (χ2n) is 7.22. The predicted octanol–water partition coefficient (Wildman–Crippen LogP) is 6.29. The number of H-pyrrole nitrogens is 1. The largest absolute Gasteiger partial charge is 0.301 e. The zero-order chi connectivity index (χ0) is 21.9. The van der Waals surface area contributed by atoms with E-state index in [0.29, 0.717) is 20.9 Å². The standard InChI is InChI=1S/C26H18N2O2S2/c29-22(20-13-11-18(12-14-20)17-7-3-1-4-8-17)16-32-26-27-24(30)23-21(15-31-25(23)28-26)19-9-5-2-6-10-19/h1-15H,16H2,(H,27,28,30). The van der Waals surface area contributed by atoms with Crippen LogP contribution >= 0.6 is 23.1 Å². The van der Waals surface area contributed by atoms with Crippen LogP contribution in [0.25, 0.3) is 32.5 Å². The number of thiophene rings is 1. The molecule has 0 unspecified atom stereocenters. The molecule has 0 aliphatic carbocycles. The van der Waals surface area contributed by atoms with Gasteiger partial charge in [-0.3, -0.25) is 9.59 Å². The van der Waals surface area contributed by atoms with Gasteiger partial charge in [-0.25, -0.2) is 4.98 Å². The zero-order valence-corrected chi connectivity index (χ0v) is 18.6.